The average Bonchev–Trinajstić information content (AvgIpc) is 2.51. The minimum atomic E-state index is -0.994. The highest BCUT2D eigenvalue weighted by atomic mass is 16.2. The Balaban J connectivity index is 1.93. The number of carbonyl (C=O) groups is 2. The summed E-state index contributed by atoms with van der Waals surface area (Å²) in [5.41, 5.74) is 1.90. The number of benzene rings is 1. The first kappa shape index (κ1) is 15.2. The molecule has 1 N–H and O–H groups in total. The lowest BCUT2D eigenvalue weighted by Gasteiger charge is -2.41. The maximum absolute atomic E-state index is 12.9. The molecule has 1 aromatic carbocycles. The average molecular weight is 309 g/mol. The number of amidine groups is 1. The van der Waals surface area contributed by atoms with Gasteiger partial charge in [-0.1, -0.05) is 18.2 Å². The van der Waals surface area contributed by atoms with Gasteiger partial charge in [0.2, 0.25) is 0 Å². The van der Waals surface area contributed by atoms with Crippen molar-refractivity contribution < 1.29 is 9.59 Å². The Labute approximate surface area is 135 Å². The zero-order valence-corrected chi connectivity index (χ0v) is 13.5. The van der Waals surface area contributed by atoms with Crippen LogP contribution < -0.4 is 5.32 Å². The van der Waals surface area contributed by atoms with Crippen LogP contribution >= 0.6 is 0 Å². The number of carbonyl (C=O) groups excluding carboxylic acids is 2. The quantitative estimate of drug-likeness (QED) is 0.913. The molecular weight excluding hydrogens is 290 g/mol. The van der Waals surface area contributed by atoms with Crippen LogP contribution in [0, 0.1) is 13.8 Å². The first-order valence-corrected chi connectivity index (χ1v) is 7.55. The standard InChI is InChI=1S/C18H19N3O2/c1-12-7-6-8-14(13(12)2)19-17(23)18(3)11-16(22)20-15-9-4-5-10-21(15)18/h4-10H,11H2,1-3H3,(H,19,23). The van der Waals surface area contributed by atoms with Gasteiger partial charge < -0.3 is 10.2 Å². The van der Waals surface area contributed by atoms with E-state index in [2.05, 4.69) is 10.3 Å². The molecule has 1 atom stereocenters. The van der Waals surface area contributed by atoms with Gasteiger partial charge >= 0.3 is 0 Å². The summed E-state index contributed by atoms with van der Waals surface area (Å²) in [5.74, 6) is 0.00378. The second-order valence-corrected chi connectivity index (χ2v) is 6.09. The van der Waals surface area contributed by atoms with E-state index in [1.165, 1.54) is 0 Å². The molecule has 1 unspecified atom stereocenters. The molecule has 0 radical (unpaired) electrons. The fraction of sp³-hybridized carbons (Fsp3) is 0.278. The van der Waals surface area contributed by atoms with Crippen molar-refractivity contribution in [3.8, 4) is 0 Å². The topological polar surface area (TPSA) is 61.8 Å². The number of aryl methyl sites for hydroxylation is 1. The molecule has 3 rings (SSSR count). The van der Waals surface area contributed by atoms with Crippen molar-refractivity contribution in [2.45, 2.75) is 32.7 Å². The summed E-state index contributed by atoms with van der Waals surface area (Å²) in [7, 11) is 0. The normalized spacial score (nSPS) is 22.7. The Bertz CT molecular complexity index is 776. The summed E-state index contributed by atoms with van der Waals surface area (Å²) in [4.78, 5) is 30.7. The Morgan fingerprint density at radius 3 is 2.87 bits per heavy atom. The van der Waals surface area contributed by atoms with E-state index in [4.69, 9.17) is 0 Å². The molecule has 0 saturated heterocycles. The van der Waals surface area contributed by atoms with Gasteiger partial charge in [0.05, 0.1) is 6.42 Å². The van der Waals surface area contributed by atoms with Crippen LogP contribution in [0.3, 0.4) is 0 Å². The Morgan fingerprint density at radius 2 is 2.09 bits per heavy atom. The lowest BCUT2D eigenvalue weighted by Crippen LogP contribution is -2.58. The number of nitrogens with one attached hydrogen (secondary N) is 1. The van der Waals surface area contributed by atoms with Crippen molar-refractivity contribution in [3.63, 3.8) is 0 Å². The third-order valence-electron chi connectivity index (χ3n) is 4.45. The van der Waals surface area contributed by atoms with Gasteiger partial charge in [-0.25, -0.2) is 0 Å². The number of fused-ring (bicyclic) bond motifs is 1. The molecular formula is C18H19N3O2. The van der Waals surface area contributed by atoms with Crippen molar-refractivity contribution in [2.24, 2.45) is 4.99 Å². The van der Waals surface area contributed by atoms with Gasteiger partial charge in [0, 0.05) is 11.9 Å². The van der Waals surface area contributed by atoms with Crippen molar-refractivity contribution >= 4 is 23.3 Å². The molecule has 0 spiro atoms. The van der Waals surface area contributed by atoms with E-state index in [1.807, 2.05) is 38.1 Å². The molecule has 0 aromatic heterocycles. The summed E-state index contributed by atoms with van der Waals surface area (Å²) < 4.78 is 0. The lowest BCUT2D eigenvalue weighted by atomic mass is 9.91. The van der Waals surface area contributed by atoms with Crippen LogP contribution in [0.15, 0.2) is 47.6 Å². The van der Waals surface area contributed by atoms with Gasteiger partial charge in [-0.05, 0) is 50.1 Å². The van der Waals surface area contributed by atoms with Crippen LogP contribution in [0.1, 0.15) is 24.5 Å². The Kier molecular flexibility index (Phi) is 3.64. The van der Waals surface area contributed by atoms with Gasteiger partial charge in [0.15, 0.2) is 0 Å². The number of nitrogens with zero attached hydrogens (tertiary/aromatic N) is 2. The van der Waals surface area contributed by atoms with Crippen molar-refractivity contribution in [1.29, 1.82) is 0 Å². The van der Waals surface area contributed by atoms with E-state index < -0.39 is 5.54 Å². The molecule has 5 nitrogen and oxygen atoms in total. The van der Waals surface area contributed by atoms with Gasteiger partial charge in [-0.15, -0.1) is 0 Å². The zero-order valence-electron chi connectivity index (χ0n) is 13.5. The summed E-state index contributed by atoms with van der Waals surface area (Å²) in [6, 6.07) is 5.78. The number of hydrogen-bond donors (Lipinski definition) is 1. The molecule has 0 saturated carbocycles. The van der Waals surface area contributed by atoms with Crippen LogP contribution in [0.4, 0.5) is 5.69 Å². The van der Waals surface area contributed by atoms with E-state index >= 15 is 0 Å². The molecule has 0 bridgehead atoms. The molecule has 2 heterocycles. The van der Waals surface area contributed by atoms with Gasteiger partial charge in [-0.3, -0.25) is 9.59 Å². The number of rotatable bonds is 2. The fourth-order valence-electron chi connectivity index (χ4n) is 2.82. The van der Waals surface area contributed by atoms with E-state index in [9.17, 15) is 9.59 Å². The zero-order chi connectivity index (χ0) is 16.6. The minimum absolute atomic E-state index is 0.0470. The van der Waals surface area contributed by atoms with Crippen molar-refractivity contribution in [3.05, 3.63) is 53.8 Å². The number of hydrogen-bond acceptors (Lipinski definition) is 3. The van der Waals surface area contributed by atoms with E-state index in [1.54, 1.807) is 30.2 Å². The minimum Gasteiger partial charge on any atom is -0.324 e. The number of anilines is 1. The van der Waals surface area contributed by atoms with Crippen LogP contribution in [-0.4, -0.2) is 28.1 Å². The first-order chi connectivity index (χ1) is 10.9. The predicted octanol–water partition coefficient (Wildman–Crippen LogP) is 2.71. The Morgan fingerprint density at radius 1 is 1.30 bits per heavy atom. The highest BCUT2D eigenvalue weighted by Crippen LogP contribution is 2.30. The van der Waals surface area contributed by atoms with Crippen molar-refractivity contribution in [1.82, 2.24) is 4.90 Å². The van der Waals surface area contributed by atoms with Gasteiger partial charge in [0.1, 0.15) is 11.4 Å². The first-order valence-electron chi connectivity index (χ1n) is 7.55. The Hall–Kier alpha value is -2.69. The summed E-state index contributed by atoms with van der Waals surface area (Å²) >= 11 is 0. The molecule has 0 aliphatic carbocycles. The second-order valence-electron chi connectivity index (χ2n) is 6.09. The highest BCUT2D eigenvalue weighted by Gasteiger charge is 2.45. The summed E-state index contributed by atoms with van der Waals surface area (Å²) in [5, 5.41) is 2.97. The number of allylic oxidation sites excluding steroid dienone is 2. The van der Waals surface area contributed by atoms with Gasteiger partial charge in [0.25, 0.3) is 11.8 Å². The van der Waals surface area contributed by atoms with E-state index in [-0.39, 0.29) is 18.2 Å². The monoisotopic (exact) mass is 309 g/mol. The smallest absolute Gasteiger partial charge is 0.250 e. The molecule has 0 fully saturated rings. The summed E-state index contributed by atoms with van der Waals surface area (Å²) in [6.45, 7) is 5.74. The maximum atomic E-state index is 12.9. The molecule has 5 heteroatoms. The maximum Gasteiger partial charge on any atom is 0.250 e. The van der Waals surface area contributed by atoms with E-state index in [0.717, 1.165) is 16.8 Å². The number of aliphatic imine (C=N–C) groups is 1. The SMILES string of the molecule is Cc1cccc(NC(=O)C2(C)CC(=O)N=C3C=CC=CN32)c1C. The van der Waals surface area contributed by atoms with Crippen LogP contribution in [0.25, 0.3) is 0 Å². The predicted molar refractivity (Wildman–Crippen MR) is 90.1 cm³/mol. The van der Waals surface area contributed by atoms with Crippen molar-refractivity contribution in [2.75, 3.05) is 5.32 Å². The van der Waals surface area contributed by atoms with E-state index in [0.29, 0.717) is 5.84 Å². The van der Waals surface area contributed by atoms with Gasteiger partial charge in [-0.2, -0.15) is 4.99 Å². The van der Waals surface area contributed by atoms with Crippen LogP contribution in [0.2, 0.25) is 0 Å². The largest absolute Gasteiger partial charge is 0.324 e. The molecule has 1 aromatic rings. The molecule has 118 valence electrons. The molecule has 2 aliphatic rings. The molecule has 23 heavy (non-hydrogen) atoms. The lowest BCUT2D eigenvalue weighted by molar-refractivity contribution is -0.130. The third-order valence-corrected chi connectivity index (χ3v) is 4.45. The fourth-order valence-corrected chi connectivity index (χ4v) is 2.82. The summed E-state index contributed by atoms with van der Waals surface area (Å²) in [6.07, 6.45) is 7.20. The highest BCUT2D eigenvalue weighted by molar-refractivity contribution is 6.12. The van der Waals surface area contributed by atoms with Crippen LogP contribution in [-0.2, 0) is 9.59 Å². The van der Waals surface area contributed by atoms with Crippen LogP contribution in [0.5, 0.6) is 0 Å². The molecule has 2 aliphatic heterocycles. The molecule has 2 amide bonds. The third kappa shape index (κ3) is 2.59. The second kappa shape index (κ2) is 5.50. The number of amides is 2.